The molecular formula is C29H49N3O5S. The van der Waals surface area contributed by atoms with Crippen molar-refractivity contribution in [2.75, 3.05) is 25.1 Å². The first-order valence-electron chi connectivity index (χ1n) is 13.8. The molecule has 2 atom stereocenters. The Hall–Kier alpha value is -2.42. The lowest BCUT2D eigenvalue weighted by Crippen LogP contribution is -2.53. The summed E-state index contributed by atoms with van der Waals surface area (Å²) in [7, 11) is 0. The maximum Gasteiger partial charge on any atom is 0.408 e. The molecule has 2 unspecified atom stereocenters. The third kappa shape index (κ3) is 11.5. The first-order chi connectivity index (χ1) is 18.0. The van der Waals surface area contributed by atoms with Crippen LogP contribution in [0.15, 0.2) is 18.2 Å². The van der Waals surface area contributed by atoms with Gasteiger partial charge < -0.3 is 25.4 Å². The van der Waals surface area contributed by atoms with E-state index >= 15 is 0 Å². The second-order valence-electron chi connectivity index (χ2n) is 10.6. The monoisotopic (exact) mass is 551 g/mol. The number of phenols is 1. The molecule has 0 aliphatic heterocycles. The molecule has 0 aliphatic rings. The summed E-state index contributed by atoms with van der Waals surface area (Å²) in [4.78, 5) is 42.0. The molecule has 0 aromatic heterocycles. The molecule has 1 aromatic carbocycles. The number of nitrogens with zero attached hydrogens (tertiary/aromatic N) is 1. The summed E-state index contributed by atoms with van der Waals surface area (Å²) in [5.41, 5.74) is 0.286. The Morgan fingerprint density at radius 2 is 1.74 bits per heavy atom. The highest BCUT2D eigenvalue weighted by Gasteiger charge is 2.37. The van der Waals surface area contributed by atoms with Crippen LogP contribution in [0.2, 0.25) is 0 Å². The number of alkyl carbamates (subject to hydrolysis) is 1. The lowest BCUT2D eigenvalue weighted by Gasteiger charge is -2.35. The highest BCUT2D eigenvalue weighted by Crippen LogP contribution is 2.32. The van der Waals surface area contributed by atoms with Gasteiger partial charge in [0.15, 0.2) is 0 Å². The van der Waals surface area contributed by atoms with Gasteiger partial charge in [-0.3, -0.25) is 9.59 Å². The molecule has 0 bridgehead atoms. The molecule has 0 saturated carbocycles. The molecule has 1 aromatic rings. The number of aryl methyl sites for hydroxylation is 1. The van der Waals surface area contributed by atoms with Crippen LogP contribution in [0.5, 0.6) is 5.75 Å². The molecular weight excluding hydrogens is 502 g/mol. The topological polar surface area (TPSA) is 108 Å². The van der Waals surface area contributed by atoms with Gasteiger partial charge in [-0.05, 0) is 64.5 Å². The quantitative estimate of drug-likeness (QED) is 0.227. The van der Waals surface area contributed by atoms with Crippen molar-refractivity contribution in [1.29, 1.82) is 0 Å². The van der Waals surface area contributed by atoms with E-state index in [2.05, 4.69) is 24.5 Å². The number of unbranched alkanes of at least 4 members (excludes halogenated alkanes) is 4. The zero-order valence-electron chi connectivity index (χ0n) is 24.4. The molecule has 3 amide bonds. The summed E-state index contributed by atoms with van der Waals surface area (Å²) in [5, 5.41) is 16.7. The van der Waals surface area contributed by atoms with Crippen molar-refractivity contribution >= 4 is 29.7 Å². The van der Waals surface area contributed by atoms with E-state index in [1.165, 1.54) is 4.90 Å². The molecule has 0 saturated heterocycles. The Labute approximate surface area is 233 Å². The van der Waals surface area contributed by atoms with Crippen LogP contribution in [0.25, 0.3) is 0 Å². The molecule has 216 valence electrons. The number of para-hydroxylation sites is 1. The second kappa shape index (κ2) is 17.2. The van der Waals surface area contributed by atoms with Crippen molar-refractivity contribution in [1.82, 2.24) is 15.5 Å². The van der Waals surface area contributed by atoms with Gasteiger partial charge in [0.25, 0.3) is 0 Å². The van der Waals surface area contributed by atoms with Gasteiger partial charge in [0.1, 0.15) is 23.4 Å². The fraction of sp³-hybridized carbons (Fsp3) is 0.690. The van der Waals surface area contributed by atoms with Gasteiger partial charge in [-0.2, -0.15) is 11.8 Å². The zero-order chi connectivity index (χ0) is 28.7. The number of thioether (sulfide) groups is 1. The van der Waals surface area contributed by atoms with Gasteiger partial charge in [0.2, 0.25) is 11.8 Å². The predicted molar refractivity (Wildman–Crippen MR) is 156 cm³/mol. The first-order valence-corrected chi connectivity index (χ1v) is 15.2. The number of amides is 3. The summed E-state index contributed by atoms with van der Waals surface area (Å²) < 4.78 is 5.43. The van der Waals surface area contributed by atoms with Gasteiger partial charge in [-0.1, -0.05) is 57.7 Å². The maximum absolute atomic E-state index is 14.1. The minimum atomic E-state index is -1.03. The molecule has 3 N–H and O–H groups in total. The van der Waals surface area contributed by atoms with Crippen LogP contribution in [-0.2, 0) is 14.3 Å². The minimum Gasteiger partial charge on any atom is -0.507 e. The van der Waals surface area contributed by atoms with Gasteiger partial charge >= 0.3 is 6.09 Å². The Bertz CT molecular complexity index is 887. The molecule has 0 spiro atoms. The van der Waals surface area contributed by atoms with E-state index in [9.17, 15) is 19.5 Å². The largest absolute Gasteiger partial charge is 0.507 e. The first kappa shape index (κ1) is 33.6. The number of benzene rings is 1. The molecule has 9 heteroatoms. The van der Waals surface area contributed by atoms with E-state index in [1.54, 1.807) is 57.7 Å². The normalized spacial score (nSPS) is 12.9. The van der Waals surface area contributed by atoms with Gasteiger partial charge in [0.05, 0.1) is 0 Å². The number of carbonyl (C=O) groups is 3. The lowest BCUT2D eigenvalue weighted by molar-refractivity contribution is -0.142. The zero-order valence-corrected chi connectivity index (χ0v) is 25.2. The van der Waals surface area contributed by atoms with E-state index in [-0.39, 0.29) is 17.6 Å². The van der Waals surface area contributed by atoms with Gasteiger partial charge in [-0.15, -0.1) is 0 Å². The van der Waals surface area contributed by atoms with E-state index in [0.717, 1.165) is 32.1 Å². The number of aromatic hydroxyl groups is 1. The summed E-state index contributed by atoms with van der Waals surface area (Å²) >= 11 is 1.57. The van der Waals surface area contributed by atoms with E-state index in [1.807, 2.05) is 6.26 Å². The SMILES string of the molecule is CCCCCNC(=O)C(c1cccc(C)c1O)N(CCCCC)C(=O)C(CCSC)NC(=O)OC(C)(C)C. The minimum absolute atomic E-state index is 0.00438. The highest BCUT2D eigenvalue weighted by atomic mass is 32.2. The van der Waals surface area contributed by atoms with Crippen LogP contribution in [0, 0.1) is 6.92 Å². The van der Waals surface area contributed by atoms with Gasteiger partial charge in [-0.25, -0.2) is 4.79 Å². The maximum atomic E-state index is 14.1. The number of phenolic OH excluding ortho intramolecular Hbond substituents is 1. The molecule has 8 nitrogen and oxygen atoms in total. The van der Waals surface area contributed by atoms with E-state index in [0.29, 0.717) is 42.8 Å². The third-order valence-electron chi connectivity index (χ3n) is 6.09. The standard InChI is InChI=1S/C29H49N3O5S/c1-8-10-12-18-30-26(34)24(22-16-14-15-21(3)25(22)33)32(19-13-11-9-2)27(35)23(17-20-38-7)31-28(36)37-29(4,5)6/h14-16,23-24,33H,8-13,17-20H2,1-7H3,(H,30,34)(H,31,36). The van der Waals surface area contributed by atoms with Crippen LogP contribution >= 0.6 is 11.8 Å². The predicted octanol–water partition coefficient (Wildman–Crippen LogP) is 5.71. The number of ether oxygens (including phenoxy) is 1. The van der Waals surface area contributed by atoms with Crippen LogP contribution in [0.4, 0.5) is 4.79 Å². The number of carbonyl (C=O) groups excluding carboxylic acids is 3. The number of nitrogens with one attached hydrogen (secondary N) is 2. The smallest absolute Gasteiger partial charge is 0.408 e. The fourth-order valence-corrected chi connectivity index (χ4v) is 4.55. The average Bonchev–Trinajstić information content (AvgIpc) is 2.84. The average molecular weight is 552 g/mol. The Kier molecular flexibility index (Phi) is 15.2. The molecule has 0 fully saturated rings. The molecule has 0 aliphatic carbocycles. The summed E-state index contributed by atoms with van der Waals surface area (Å²) in [6.07, 6.45) is 6.99. The molecule has 0 radical (unpaired) electrons. The Balaban J connectivity index is 3.48. The number of rotatable bonds is 16. The summed E-state index contributed by atoms with van der Waals surface area (Å²) in [6, 6.07) is 3.33. The molecule has 0 heterocycles. The van der Waals surface area contributed by atoms with Crippen molar-refractivity contribution in [2.24, 2.45) is 0 Å². The van der Waals surface area contributed by atoms with Crippen molar-refractivity contribution < 1.29 is 24.2 Å². The van der Waals surface area contributed by atoms with Crippen molar-refractivity contribution in [2.45, 2.75) is 104 Å². The third-order valence-corrected chi connectivity index (χ3v) is 6.73. The lowest BCUT2D eigenvalue weighted by atomic mass is 9.98. The highest BCUT2D eigenvalue weighted by molar-refractivity contribution is 7.98. The van der Waals surface area contributed by atoms with Gasteiger partial charge in [0, 0.05) is 18.7 Å². The molecule has 1 rings (SSSR count). The van der Waals surface area contributed by atoms with Crippen LogP contribution < -0.4 is 10.6 Å². The second-order valence-corrected chi connectivity index (χ2v) is 11.6. The van der Waals surface area contributed by atoms with Crippen LogP contribution in [0.1, 0.15) is 96.7 Å². The summed E-state index contributed by atoms with van der Waals surface area (Å²) in [6.45, 7) is 12.0. The van der Waals surface area contributed by atoms with Crippen molar-refractivity contribution in [3.63, 3.8) is 0 Å². The summed E-state index contributed by atoms with van der Waals surface area (Å²) in [5.74, 6) is -0.0721. The van der Waals surface area contributed by atoms with Crippen molar-refractivity contribution in [3.05, 3.63) is 29.3 Å². The van der Waals surface area contributed by atoms with E-state index < -0.39 is 23.8 Å². The Morgan fingerprint density at radius 1 is 1.08 bits per heavy atom. The van der Waals surface area contributed by atoms with E-state index in [4.69, 9.17) is 4.74 Å². The van der Waals surface area contributed by atoms with Crippen LogP contribution in [0.3, 0.4) is 0 Å². The Morgan fingerprint density at radius 3 is 2.34 bits per heavy atom. The van der Waals surface area contributed by atoms with Crippen LogP contribution in [-0.4, -0.2) is 64.7 Å². The number of hydrogen-bond donors (Lipinski definition) is 3. The van der Waals surface area contributed by atoms with Crippen molar-refractivity contribution in [3.8, 4) is 5.75 Å². The fourth-order valence-electron chi connectivity index (χ4n) is 4.08. The molecule has 38 heavy (non-hydrogen) atoms. The number of hydrogen-bond acceptors (Lipinski definition) is 6.